The summed E-state index contributed by atoms with van der Waals surface area (Å²) in [7, 11) is 0. The largest absolute Gasteiger partial charge is 0.348 e. The minimum atomic E-state index is 0.163. The Labute approximate surface area is 120 Å². The third-order valence-corrected chi connectivity index (χ3v) is 4.31. The van der Waals surface area contributed by atoms with Gasteiger partial charge in [0.2, 0.25) is 5.91 Å². The van der Waals surface area contributed by atoms with E-state index in [-0.39, 0.29) is 11.9 Å². The predicted molar refractivity (Wildman–Crippen MR) is 82.2 cm³/mol. The van der Waals surface area contributed by atoms with Crippen LogP contribution in [0.4, 0.5) is 0 Å². The zero-order valence-electron chi connectivity index (χ0n) is 12.0. The summed E-state index contributed by atoms with van der Waals surface area (Å²) in [5.41, 5.74) is 5.52. The van der Waals surface area contributed by atoms with E-state index in [0.29, 0.717) is 18.9 Å². The molecule has 2 unspecified atom stereocenters. The Kier molecular flexibility index (Phi) is 7.75. The highest BCUT2D eigenvalue weighted by Crippen LogP contribution is 2.23. The molecule has 108 valence electrons. The summed E-state index contributed by atoms with van der Waals surface area (Å²) in [6.45, 7) is 5.01. The van der Waals surface area contributed by atoms with Crippen LogP contribution < -0.4 is 11.1 Å². The van der Waals surface area contributed by atoms with Gasteiger partial charge in [-0.2, -0.15) is 0 Å². The number of nitrogens with two attached hydrogens (primary N) is 1. The quantitative estimate of drug-likeness (QED) is 0.728. The van der Waals surface area contributed by atoms with Crippen LogP contribution in [0.15, 0.2) is 17.5 Å². The van der Waals surface area contributed by atoms with Gasteiger partial charge in [0.15, 0.2) is 0 Å². The van der Waals surface area contributed by atoms with Gasteiger partial charge in [0, 0.05) is 11.3 Å². The van der Waals surface area contributed by atoms with Crippen molar-refractivity contribution in [3.63, 3.8) is 0 Å². The second-order valence-electron chi connectivity index (χ2n) is 5.15. The maximum Gasteiger partial charge on any atom is 0.220 e. The Hall–Kier alpha value is -0.870. The van der Waals surface area contributed by atoms with E-state index in [4.69, 9.17) is 5.73 Å². The molecule has 0 aliphatic carbocycles. The summed E-state index contributed by atoms with van der Waals surface area (Å²) in [5, 5.41) is 5.22. The minimum absolute atomic E-state index is 0.163. The van der Waals surface area contributed by atoms with Crippen LogP contribution in [-0.2, 0) is 4.79 Å². The van der Waals surface area contributed by atoms with Crippen LogP contribution >= 0.6 is 11.3 Å². The second-order valence-corrected chi connectivity index (χ2v) is 6.12. The summed E-state index contributed by atoms with van der Waals surface area (Å²) in [6, 6.07) is 4.32. The van der Waals surface area contributed by atoms with E-state index in [1.54, 1.807) is 11.3 Å². The number of hydrogen-bond acceptors (Lipinski definition) is 3. The number of carbonyl (C=O) groups excluding carboxylic acids is 1. The predicted octanol–water partition coefficient (Wildman–Crippen LogP) is 3.47. The van der Waals surface area contributed by atoms with Gasteiger partial charge in [-0.3, -0.25) is 4.79 Å². The van der Waals surface area contributed by atoms with E-state index < -0.39 is 0 Å². The van der Waals surface area contributed by atoms with Gasteiger partial charge in [-0.05, 0) is 43.2 Å². The van der Waals surface area contributed by atoms with Crippen molar-refractivity contribution in [1.29, 1.82) is 0 Å². The van der Waals surface area contributed by atoms with Crippen LogP contribution in [0.25, 0.3) is 0 Å². The first-order valence-corrected chi connectivity index (χ1v) is 8.08. The van der Waals surface area contributed by atoms with Crippen molar-refractivity contribution in [2.45, 2.75) is 52.0 Å². The molecule has 3 N–H and O–H groups in total. The molecule has 4 heteroatoms. The number of carbonyl (C=O) groups is 1. The fourth-order valence-electron chi connectivity index (χ4n) is 2.14. The minimum Gasteiger partial charge on any atom is -0.348 e. The number of amides is 1. The monoisotopic (exact) mass is 282 g/mol. The van der Waals surface area contributed by atoms with Gasteiger partial charge < -0.3 is 11.1 Å². The Morgan fingerprint density at radius 3 is 2.79 bits per heavy atom. The maximum atomic E-state index is 12.0. The molecular weight excluding hydrogens is 256 g/mol. The van der Waals surface area contributed by atoms with Gasteiger partial charge in [-0.1, -0.05) is 26.3 Å². The van der Waals surface area contributed by atoms with Crippen molar-refractivity contribution in [2.75, 3.05) is 6.54 Å². The Morgan fingerprint density at radius 1 is 1.42 bits per heavy atom. The summed E-state index contributed by atoms with van der Waals surface area (Å²) in [5.74, 6) is 0.692. The topological polar surface area (TPSA) is 55.1 Å². The zero-order valence-corrected chi connectivity index (χ0v) is 12.8. The average Bonchev–Trinajstić information content (AvgIpc) is 2.90. The smallest absolute Gasteiger partial charge is 0.220 e. The molecule has 1 heterocycles. The lowest BCUT2D eigenvalue weighted by Crippen LogP contribution is -2.28. The molecule has 0 spiro atoms. The number of hydrogen-bond donors (Lipinski definition) is 2. The SMILES string of the molecule is CCCC(NC(=O)CCC(C)CCN)c1cccs1. The molecule has 0 aromatic carbocycles. The lowest BCUT2D eigenvalue weighted by atomic mass is 10.0. The van der Waals surface area contributed by atoms with Gasteiger partial charge in [-0.15, -0.1) is 11.3 Å². The molecule has 0 saturated heterocycles. The molecule has 0 saturated carbocycles. The standard InChI is InChI=1S/C15H26N2OS/c1-3-5-13(14-6-4-11-19-14)17-15(18)8-7-12(2)9-10-16/h4,6,11-13H,3,5,7-10,16H2,1-2H3,(H,17,18). The molecular formula is C15H26N2OS. The van der Waals surface area contributed by atoms with E-state index >= 15 is 0 Å². The number of nitrogens with one attached hydrogen (secondary N) is 1. The summed E-state index contributed by atoms with van der Waals surface area (Å²) < 4.78 is 0. The first kappa shape index (κ1) is 16.2. The van der Waals surface area contributed by atoms with Gasteiger partial charge in [-0.25, -0.2) is 0 Å². The van der Waals surface area contributed by atoms with Crippen molar-refractivity contribution >= 4 is 17.2 Å². The highest BCUT2D eigenvalue weighted by molar-refractivity contribution is 7.10. The lowest BCUT2D eigenvalue weighted by Gasteiger charge is -2.17. The lowest BCUT2D eigenvalue weighted by molar-refractivity contribution is -0.122. The van der Waals surface area contributed by atoms with Crippen molar-refractivity contribution < 1.29 is 4.79 Å². The molecule has 2 atom stereocenters. The highest BCUT2D eigenvalue weighted by Gasteiger charge is 2.15. The fourth-order valence-corrected chi connectivity index (χ4v) is 2.95. The Bertz CT molecular complexity index is 351. The van der Waals surface area contributed by atoms with E-state index in [2.05, 4.69) is 30.6 Å². The van der Waals surface area contributed by atoms with Crippen LogP contribution in [-0.4, -0.2) is 12.5 Å². The molecule has 0 fully saturated rings. The second kappa shape index (κ2) is 9.10. The normalized spacial score (nSPS) is 14.1. The third-order valence-electron chi connectivity index (χ3n) is 3.32. The summed E-state index contributed by atoms with van der Waals surface area (Å²) in [6.07, 6.45) is 4.60. The van der Waals surface area contributed by atoms with Gasteiger partial charge in [0.1, 0.15) is 0 Å². The maximum absolute atomic E-state index is 12.0. The molecule has 19 heavy (non-hydrogen) atoms. The molecule has 1 aromatic heterocycles. The first-order chi connectivity index (χ1) is 9.17. The summed E-state index contributed by atoms with van der Waals surface area (Å²) >= 11 is 1.71. The van der Waals surface area contributed by atoms with Crippen LogP contribution in [0.2, 0.25) is 0 Å². The highest BCUT2D eigenvalue weighted by atomic mass is 32.1. The molecule has 0 bridgehead atoms. The van der Waals surface area contributed by atoms with Gasteiger partial charge in [0.25, 0.3) is 0 Å². The zero-order chi connectivity index (χ0) is 14.1. The molecule has 1 rings (SSSR count). The Balaban J connectivity index is 2.39. The van der Waals surface area contributed by atoms with Crippen molar-refractivity contribution in [3.05, 3.63) is 22.4 Å². The molecule has 3 nitrogen and oxygen atoms in total. The van der Waals surface area contributed by atoms with Crippen LogP contribution in [0, 0.1) is 5.92 Å². The fraction of sp³-hybridized carbons (Fsp3) is 0.667. The average molecular weight is 282 g/mol. The van der Waals surface area contributed by atoms with E-state index in [0.717, 1.165) is 25.7 Å². The first-order valence-electron chi connectivity index (χ1n) is 7.20. The molecule has 0 aliphatic rings. The molecule has 0 radical (unpaired) electrons. The third kappa shape index (κ3) is 6.21. The number of thiophene rings is 1. The molecule has 1 amide bonds. The summed E-state index contributed by atoms with van der Waals surface area (Å²) in [4.78, 5) is 13.2. The number of rotatable bonds is 9. The van der Waals surface area contributed by atoms with Crippen LogP contribution in [0.3, 0.4) is 0 Å². The van der Waals surface area contributed by atoms with Gasteiger partial charge >= 0.3 is 0 Å². The van der Waals surface area contributed by atoms with Crippen molar-refractivity contribution in [3.8, 4) is 0 Å². The van der Waals surface area contributed by atoms with Crippen molar-refractivity contribution in [1.82, 2.24) is 5.32 Å². The van der Waals surface area contributed by atoms with Crippen LogP contribution in [0.5, 0.6) is 0 Å². The van der Waals surface area contributed by atoms with Gasteiger partial charge in [0.05, 0.1) is 6.04 Å². The molecule has 0 aliphatic heterocycles. The van der Waals surface area contributed by atoms with E-state index in [9.17, 15) is 4.79 Å². The van der Waals surface area contributed by atoms with Crippen molar-refractivity contribution in [2.24, 2.45) is 11.7 Å². The van der Waals surface area contributed by atoms with E-state index in [1.165, 1.54) is 4.88 Å². The molecule has 1 aromatic rings. The Morgan fingerprint density at radius 2 is 2.21 bits per heavy atom. The van der Waals surface area contributed by atoms with Crippen LogP contribution in [0.1, 0.15) is 56.9 Å². The van der Waals surface area contributed by atoms with E-state index in [1.807, 2.05) is 6.07 Å².